The van der Waals surface area contributed by atoms with Crippen molar-refractivity contribution in [3.63, 3.8) is 0 Å². The molecule has 1 fully saturated rings. The lowest BCUT2D eigenvalue weighted by atomic mass is 10.1. The number of nitrogens with one attached hydrogen (secondary N) is 1. The second-order valence-corrected chi connectivity index (χ2v) is 4.63. The molecule has 1 aromatic rings. The molecule has 4 heteroatoms. The van der Waals surface area contributed by atoms with E-state index in [4.69, 9.17) is 10.5 Å². The fraction of sp³-hybridized carbons (Fsp3) is 0.429. The summed E-state index contributed by atoms with van der Waals surface area (Å²) in [6.45, 7) is 3.88. The molecule has 1 heterocycles. The third kappa shape index (κ3) is 2.61. The van der Waals surface area contributed by atoms with Gasteiger partial charge in [-0.2, -0.15) is 10.5 Å². The van der Waals surface area contributed by atoms with E-state index in [1.165, 1.54) is 0 Å². The third-order valence-corrected chi connectivity index (χ3v) is 3.32. The summed E-state index contributed by atoms with van der Waals surface area (Å²) in [5, 5.41) is 20.9. The number of hydrogen-bond donors (Lipinski definition) is 1. The van der Waals surface area contributed by atoms with E-state index in [0.717, 1.165) is 18.8 Å². The summed E-state index contributed by atoms with van der Waals surface area (Å²) in [5.74, 6) is 0. The molecule has 0 amide bonds. The molecule has 1 N–H and O–H groups in total. The Morgan fingerprint density at radius 1 is 1.33 bits per heavy atom. The molecule has 2 unspecified atom stereocenters. The third-order valence-electron chi connectivity index (χ3n) is 3.32. The van der Waals surface area contributed by atoms with E-state index in [1.54, 1.807) is 0 Å². The van der Waals surface area contributed by atoms with Gasteiger partial charge in [0, 0.05) is 30.9 Å². The van der Waals surface area contributed by atoms with Gasteiger partial charge < -0.3 is 10.2 Å². The van der Waals surface area contributed by atoms with Crippen molar-refractivity contribution in [2.45, 2.75) is 25.4 Å². The minimum absolute atomic E-state index is 0.224. The van der Waals surface area contributed by atoms with Gasteiger partial charge in [-0.25, -0.2) is 0 Å². The number of nitriles is 2. The minimum Gasteiger partial charge on any atom is -0.366 e. The van der Waals surface area contributed by atoms with Crippen molar-refractivity contribution in [3.05, 3.63) is 29.8 Å². The molecule has 18 heavy (non-hydrogen) atoms. The summed E-state index contributed by atoms with van der Waals surface area (Å²) in [4.78, 5) is 2.29. The molecule has 0 spiro atoms. The van der Waals surface area contributed by atoms with Crippen LogP contribution in [0.5, 0.6) is 0 Å². The van der Waals surface area contributed by atoms with Crippen LogP contribution in [-0.4, -0.2) is 25.2 Å². The Labute approximate surface area is 107 Å². The zero-order chi connectivity index (χ0) is 13.0. The molecule has 0 saturated carbocycles. The van der Waals surface area contributed by atoms with Gasteiger partial charge in [0.15, 0.2) is 0 Å². The molecular weight excluding hydrogens is 224 g/mol. The highest BCUT2D eigenvalue weighted by molar-refractivity contribution is 5.51. The number of anilines is 1. The van der Waals surface area contributed by atoms with Crippen LogP contribution in [0.4, 0.5) is 5.69 Å². The summed E-state index contributed by atoms with van der Waals surface area (Å²) in [5.41, 5.74) is 1.79. The van der Waals surface area contributed by atoms with Crippen LogP contribution in [0.3, 0.4) is 0 Å². The van der Waals surface area contributed by atoms with Crippen molar-refractivity contribution in [2.24, 2.45) is 0 Å². The van der Waals surface area contributed by atoms with Gasteiger partial charge in [-0.1, -0.05) is 0 Å². The number of piperazine rings is 1. The first-order valence-electron chi connectivity index (χ1n) is 6.11. The molecule has 0 bridgehead atoms. The fourth-order valence-electron chi connectivity index (χ4n) is 2.26. The lowest BCUT2D eigenvalue weighted by molar-refractivity contribution is 0.409. The van der Waals surface area contributed by atoms with E-state index >= 15 is 0 Å². The zero-order valence-electron chi connectivity index (χ0n) is 10.4. The van der Waals surface area contributed by atoms with Crippen LogP contribution in [0.2, 0.25) is 0 Å². The molecule has 2 rings (SSSR count). The van der Waals surface area contributed by atoms with E-state index in [-0.39, 0.29) is 6.04 Å². The lowest BCUT2D eigenvalue weighted by Gasteiger charge is -2.39. The maximum atomic E-state index is 8.79. The van der Waals surface area contributed by atoms with Gasteiger partial charge in [-0.15, -0.1) is 0 Å². The Hall–Kier alpha value is -2.04. The Morgan fingerprint density at radius 2 is 2.06 bits per heavy atom. The average Bonchev–Trinajstić information content (AvgIpc) is 2.41. The van der Waals surface area contributed by atoms with Gasteiger partial charge in [0.1, 0.15) is 0 Å². The summed E-state index contributed by atoms with van der Waals surface area (Å²) in [7, 11) is 0. The average molecular weight is 240 g/mol. The highest BCUT2D eigenvalue weighted by Gasteiger charge is 2.24. The summed E-state index contributed by atoms with van der Waals surface area (Å²) >= 11 is 0. The van der Waals surface area contributed by atoms with Crippen molar-refractivity contribution < 1.29 is 0 Å². The van der Waals surface area contributed by atoms with Gasteiger partial charge in [-0.05, 0) is 31.2 Å². The van der Waals surface area contributed by atoms with Gasteiger partial charge in [0.05, 0.1) is 24.1 Å². The standard InChI is InChI=1S/C14H16N4/c1-11-9-17-13(6-7-15)10-18(11)14-4-2-12(8-16)3-5-14/h2-5,11,13,17H,6,9-10H2,1H3. The maximum Gasteiger partial charge on any atom is 0.0991 e. The molecule has 1 aliphatic rings. The van der Waals surface area contributed by atoms with Crippen LogP contribution >= 0.6 is 0 Å². The quantitative estimate of drug-likeness (QED) is 0.853. The van der Waals surface area contributed by atoms with E-state index in [2.05, 4.69) is 29.3 Å². The number of hydrogen-bond acceptors (Lipinski definition) is 4. The molecule has 1 saturated heterocycles. The molecule has 0 aromatic heterocycles. The Balaban J connectivity index is 2.14. The van der Waals surface area contributed by atoms with E-state index < -0.39 is 0 Å². The van der Waals surface area contributed by atoms with Gasteiger partial charge >= 0.3 is 0 Å². The minimum atomic E-state index is 0.224. The first-order chi connectivity index (χ1) is 8.74. The van der Waals surface area contributed by atoms with E-state index in [0.29, 0.717) is 18.0 Å². The number of benzene rings is 1. The molecule has 0 aliphatic carbocycles. The highest BCUT2D eigenvalue weighted by atomic mass is 15.2. The zero-order valence-corrected chi connectivity index (χ0v) is 10.4. The van der Waals surface area contributed by atoms with Crippen LogP contribution in [0.25, 0.3) is 0 Å². The highest BCUT2D eigenvalue weighted by Crippen LogP contribution is 2.20. The van der Waals surface area contributed by atoms with Crippen molar-refractivity contribution in [3.8, 4) is 12.1 Å². The number of nitrogens with zero attached hydrogens (tertiary/aromatic N) is 3. The predicted molar refractivity (Wildman–Crippen MR) is 70.0 cm³/mol. The van der Waals surface area contributed by atoms with Crippen LogP contribution in [0, 0.1) is 22.7 Å². The van der Waals surface area contributed by atoms with Crippen molar-refractivity contribution in [1.82, 2.24) is 5.32 Å². The Bertz CT molecular complexity index is 480. The molecule has 2 atom stereocenters. The van der Waals surface area contributed by atoms with Crippen molar-refractivity contribution in [2.75, 3.05) is 18.0 Å². The molecule has 92 valence electrons. The molecule has 1 aromatic carbocycles. The topological polar surface area (TPSA) is 62.9 Å². The largest absolute Gasteiger partial charge is 0.366 e. The monoisotopic (exact) mass is 240 g/mol. The summed E-state index contributed by atoms with van der Waals surface area (Å²) in [6, 6.07) is 12.6. The van der Waals surface area contributed by atoms with E-state index in [1.807, 2.05) is 24.3 Å². The molecule has 0 radical (unpaired) electrons. The second kappa shape index (κ2) is 5.53. The molecular formula is C14H16N4. The van der Waals surface area contributed by atoms with Gasteiger partial charge in [-0.3, -0.25) is 0 Å². The predicted octanol–water partition coefficient (Wildman–Crippen LogP) is 1.64. The second-order valence-electron chi connectivity index (χ2n) is 4.63. The number of rotatable bonds is 2. The normalized spacial score (nSPS) is 23.2. The van der Waals surface area contributed by atoms with Gasteiger partial charge in [0.2, 0.25) is 0 Å². The van der Waals surface area contributed by atoms with E-state index in [9.17, 15) is 0 Å². The summed E-state index contributed by atoms with van der Waals surface area (Å²) in [6.07, 6.45) is 0.527. The van der Waals surface area contributed by atoms with Crippen LogP contribution in [0.1, 0.15) is 18.9 Å². The maximum absolute atomic E-state index is 8.79. The smallest absolute Gasteiger partial charge is 0.0991 e. The van der Waals surface area contributed by atoms with Crippen molar-refractivity contribution in [1.29, 1.82) is 10.5 Å². The molecule has 4 nitrogen and oxygen atoms in total. The first-order valence-corrected chi connectivity index (χ1v) is 6.11. The lowest BCUT2D eigenvalue weighted by Crippen LogP contribution is -2.55. The Kier molecular flexibility index (Phi) is 3.82. The van der Waals surface area contributed by atoms with Gasteiger partial charge in [0.25, 0.3) is 0 Å². The Morgan fingerprint density at radius 3 is 2.67 bits per heavy atom. The van der Waals surface area contributed by atoms with Crippen molar-refractivity contribution >= 4 is 5.69 Å². The van der Waals surface area contributed by atoms with Crippen LogP contribution in [-0.2, 0) is 0 Å². The first kappa shape index (κ1) is 12.4. The summed E-state index contributed by atoms with van der Waals surface area (Å²) < 4.78 is 0. The molecule has 1 aliphatic heterocycles. The van der Waals surface area contributed by atoms with Crippen LogP contribution in [0.15, 0.2) is 24.3 Å². The SMILES string of the molecule is CC1CNC(CC#N)CN1c1ccc(C#N)cc1. The fourth-order valence-corrected chi connectivity index (χ4v) is 2.26. The van der Waals surface area contributed by atoms with Crippen LogP contribution < -0.4 is 10.2 Å².